The molecule has 1 fully saturated rings. The Bertz CT molecular complexity index is 1390. The minimum atomic E-state index is -1.53. The first-order valence-electron chi connectivity index (χ1n) is 19.9. The molecule has 0 saturated carbocycles. The van der Waals surface area contributed by atoms with Gasteiger partial charge in [0, 0.05) is 32.3 Å². The summed E-state index contributed by atoms with van der Waals surface area (Å²) >= 11 is 0. The largest absolute Gasteiger partial charge is 0.497 e. The number of unbranched alkanes of at least 4 members (excludes halogenated alkanes) is 8. The highest BCUT2D eigenvalue weighted by atomic mass is 16.7. The number of rotatable bonds is 24. The van der Waals surface area contributed by atoms with Crippen LogP contribution in [0.3, 0.4) is 0 Å². The van der Waals surface area contributed by atoms with E-state index in [-0.39, 0.29) is 19.4 Å². The van der Waals surface area contributed by atoms with Gasteiger partial charge in [-0.1, -0.05) is 94.0 Å². The van der Waals surface area contributed by atoms with Crippen LogP contribution >= 0.6 is 0 Å². The number of nitrogens with one attached hydrogen (secondary N) is 1. The van der Waals surface area contributed by atoms with Crippen LogP contribution in [0, 0.1) is 5.92 Å². The maximum absolute atomic E-state index is 13.9. The van der Waals surface area contributed by atoms with Gasteiger partial charge < -0.3 is 34.5 Å². The highest BCUT2D eigenvalue weighted by Crippen LogP contribution is 2.32. The lowest BCUT2D eigenvalue weighted by molar-refractivity contribution is -0.168. The van der Waals surface area contributed by atoms with E-state index in [2.05, 4.69) is 12.2 Å². The van der Waals surface area contributed by atoms with Crippen molar-refractivity contribution in [1.82, 2.24) is 5.32 Å². The fourth-order valence-electron chi connectivity index (χ4n) is 6.81. The Morgan fingerprint density at radius 3 is 2.15 bits per heavy atom. The molecule has 3 N–H and O–H groups in total. The fourth-order valence-corrected chi connectivity index (χ4v) is 6.81. The molecule has 0 bridgehead atoms. The zero-order valence-electron chi connectivity index (χ0n) is 33.3. The molecule has 0 aliphatic carbocycles. The van der Waals surface area contributed by atoms with Crippen LogP contribution in [0.4, 0.5) is 0 Å². The quantitative estimate of drug-likeness (QED) is 0.0557. The number of aliphatic hydroxyl groups excluding tert-OH is 1. The van der Waals surface area contributed by atoms with Crippen LogP contribution < -0.4 is 10.1 Å². The Kier molecular flexibility index (Phi) is 18.5. The number of carbonyl (C=O) groups excluding carboxylic acids is 2. The number of hydrogen-bond donors (Lipinski definition) is 3. The summed E-state index contributed by atoms with van der Waals surface area (Å²) in [6.07, 6.45) is 16.7. The van der Waals surface area contributed by atoms with Gasteiger partial charge in [-0.3, -0.25) is 4.79 Å². The number of benzene rings is 2. The zero-order valence-corrected chi connectivity index (χ0v) is 33.3. The van der Waals surface area contributed by atoms with Gasteiger partial charge in [0.15, 0.2) is 5.79 Å². The monoisotopic (exact) mass is 737 g/mol. The maximum atomic E-state index is 13.9. The van der Waals surface area contributed by atoms with E-state index in [0.717, 1.165) is 73.8 Å². The van der Waals surface area contributed by atoms with Crippen molar-refractivity contribution in [2.24, 2.45) is 5.92 Å². The number of esters is 1. The lowest BCUT2D eigenvalue weighted by atomic mass is 9.84. The number of aliphatic hydroxyl groups is 2. The molecule has 3 rings (SSSR count). The average molecular weight is 738 g/mol. The molecule has 0 spiro atoms. The van der Waals surface area contributed by atoms with Crippen LogP contribution in [0.2, 0.25) is 0 Å². The van der Waals surface area contributed by atoms with E-state index in [1.54, 1.807) is 40.9 Å². The predicted octanol–water partition coefficient (Wildman–Crippen LogP) is 8.48. The van der Waals surface area contributed by atoms with Crippen LogP contribution in [-0.4, -0.2) is 72.1 Å². The average Bonchev–Trinajstić information content (AvgIpc) is 3.58. The fraction of sp³-hybridized carbons (Fsp3) is 0.636. The van der Waals surface area contributed by atoms with E-state index in [4.69, 9.17) is 18.9 Å². The number of ether oxygens (including phenoxy) is 4. The summed E-state index contributed by atoms with van der Waals surface area (Å²) in [6.45, 7) is 10.2. The van der Waals surface area contributed by atoms with Gasteiger partial charge in [0.05, 0.1) is 31.8 Å². The Balaban J connectivity index is 1.61. The summed E-state index contributed by atoms with van der Waals surface area (Å²) in [6, 6.07) is 14.6. The van der Waals surface area contributed by atoms with Gasteiger partial charge in [0.2, 0.25) is 5.91 Å². The molecule has 9 nitrogen and oxygen atoms in total. The summed E-state index contributed by atoms with van der Waals surface area (Å²) in [7, 11) is 1.63. The van der Waals surface area contributed by atoms with E-state index in [9.17, 15) is 19.8 Å². The van der Waals surface area contributed by atoms with Gasteiger partial charge in [0.25, 0.3) is 0 Å². The Labute approximate surface area is 318 Å². The minimum absolute atomic E-state index is 0.00274. The number of hydrogen-bond acceptors (Lipinski definition) is 8. The zero-order chi connectivity index (χ0) is 38.7. The molecule has 0 unspecified atom stereocenters. The van der Waals surface area contributed by atoms with Crippen molar-refractivity contribution in [2.75, 3.05) is 26.9 Å². The highest BCUT2D eigenvalue weighted by molar-refractivity contribution is 5.87. The van der Waals surface area contributed by atoms with Gasteiger partial charge in [-0.15, -0.1) is 0 Å². The first-order valence-corrected chi connectivity index (χ1v) is 19.9. The molecule has 296 valence electrons. The molecule has 9 heteroatoms. The third kappa shape index (κ3) is 15.6. The van der Waals surface area contributed by atoms with Crippen molar-refractivity contribution in [2.45, 2.75) is 148 Å². The van der Waals surface area contributed by atoms with Crippen LogP contribution in [0.25, 0.3) is 11.1 Å². The normalized spacial score (nSPS) is 16.6. The topological polar surface area (TPSA) is 124 Å². The van der Waals surface area contributed by atoms with Gasteiger partial charge in [-0.25, -0.2) is 4.79 Å². The molecular formula is C44H67NO8. The smallest absolute Gasteiger partial charge is 0.329 e. The third-order valence-corrected chi connectivity index (χ3v) is 9.86. The summed E-state index contributed by atoms with van der Waals surface area (Å²) in [5.74, 6) is -1.69. The lowest BCUT2D eigenvalue weighted by Crippen LogP contribution is -2.51. The van der Waals surface area contributed by atoms with E-state index < -0.39 is 40.8 Å². The number of carbonyl (C=O) groups is 2. The molecule has 2 aromatic rings. The van der Waals surface area contributed by atoms with Crippen molar-refractivity contribution >= 4 is 11.9 Å². The first-order chi connectivity index (χ1) is 25.3. The van der Waals surface area contributed by atoms with Crippen molar-refractivity contribution in [3.8, 4) is 16.9 Å². The van der Waals surface area contributed by atoms with Crippen LogP contribution in [0.5, 0.6) is 5.75 Å². The van der Waals surface area contributed by atoms with E-state index in [1.807, 2.05) is 54.6 Å². The Hall–Kier alpha value is -3.24. The third-order valence-electron chi connectivity index (χ3n) is 9.86. The van der Waals surface area contributed by atoms with E-state index in [1.165, 1.54) is 25.7 Å². The van der Waals surface area contributed by atoms with E-state index in [0.29, 0.717) is 13.2 Å². The standard InChI is InChI=1S/C44H67NO8/c1-7-8-9-13-16-26-44(51-30-31-52-44)27-17-14-11-10-12-15-21-38(43(5,49)28-29-46)40(47)45-39(41(48)53-42(2,3)4)32-34-22-24-35(25-23-34)36-19-18-20-37(33-36)50-6/h15,18-25,33,38-39,46,49H,7-14,16-17,26-32H2,1-6H3,(H,45,47)/b21-15+/t38-,39+,43+/m1/s1. The second-order valence-electron chi connectivity index (χ2n) is 15.7. The molecule has 1 heterocycles. The SMILES string of the molecule is CCCCCCCC1(CCCCCC/C=C/[C@H](C(=O)N[C@@H](Cc2ccc(-c3cccc(OC)c3)cc2)C(=O)OC(C)(C)C)[C@@](C)(O)CCO)OCCO1. The van der Waals surface area contributed by atoms with Crippen molar-refractivity contribution in [3.63, 3.8) is 0 Å². The van der Waals surface area contributed by atoms with Gasteiger partial charge >= 0.3 is 5.97 Å². The summed E-state index contributed by atoms with van der Waals surface area (Å²) in [5.41, 5.74) is 0.539. The molecule has 0 radical (unpaired) electrons. The number of methoxy groups -OCH3 is 1. The van der Waals surface area contributed by atoms with Crippen molar-refractivity contribution < 1.29 is 38.7 Å². The van der Waals surface area contributed by atoms with Crippen LogP contribution in [0.15, 0.2) is 60.7 Å². The molecule has 1 saturated heterocycles. The van der Waals surface area contributed by atoms with Gasteiger partial charge in [0.1, 0.15) is 17.4 Å². The second kappa shape index (κ2) is 22.2. The van der Waals surface area contributed by atoms with Crippen molar-refractivity contribution in [1.29, 1.82) is 0 Å². The number of allylic oxidation sites excluding steroid dienone is 1. The molecule has 2 aromatic carbocycles. The van der Waals surface area contributed by atoms with Gasteiger partial charge in [-0.05, 0) is 82.2 Å². The molecule has 0 aromatic heterocycles. The molecular weight excluding hydrogens is 670 g/mol. The van der Waals surface area contributed by atoms with Crippen molar-refractivity contribution in [3.05, 3.63) is 66.2 Å². The molecule has 1 aliphatic rings. The number of amides is 1. The van der Waals surface area contributed by atoms with Crippen LogP contribution in [0.1, 0.15) is 124 Å². The molecule has 1 aliphatic heterocycles. The molecule has 53 heavy (non-hydrogen) atoms. The Morgan fingerprint density at radius 2 is 1.55 bits per heavy atom. The lowest BCUT2D eigenvalue weighted by Gasteiger charge is -2.31. The highest BCUT2D eigenvalue weighted by Gasteiger charge is 2.38. The molecule has 3 atom stereocenters. The molecule has 1 amide bonds. The minimum Gasteiger partial charge on any atom is -0.497 e. The summed E-state index contributed by atoms with van der Waals surface area (Å²) in [5, 5.41) is 23.9. The first kappa shape index (κ1) is 44.2. The summed E-state index contributed by atoms with van der Waals surface area (Å²) < 4.78 is 23.2. The summed E-state index contributed by atoms with van der Waals surface area (Å²) in [4.78, 5) is 27.3. The predicted molar refractivity (Wildman–Crippen MR) is 211 cm³/mol. The van der Waals surface area contributed by atoms with Gasteiger partial charge in [-0.2, -0.15) is 0 Å². The second-order valence-corrected chi connectivity index (χ2v) is 15.7. The van der Waals surface area contributed by atoms with E-state index >= 15 is 0 Å². The Morgan fingerprint density at radius 1 is 0.906 bits per heavy atom. The van der Waals surface area contributed by atoms with Crippen LogP contribution in [-0.2, 0) is 30.2 Å². The maximum Gasteiger partial charge on any atom is 0.329 e.